The van der Waals surface area contributed by atoms with Crippen LogP contribution in [0.25, 0.3) is 0 Å². The molecule has 1 aromatic carbocycles. The Balaban J connectivity index is 2.01. The molecule has 1 fully saturated rings. The minimum Gasteiger partial charge on any atom is -0.486 e. The zero-order valence-electron chi connectivity index (χ0n) is 12.3. The third kappa shape index (κ3) is 2.20. The topological polar surface area (TPSA) is 67.9 Å². The van der Waals surface area contributed by atoms with Gasteiger partial charge in [-0.25, -0.2) is 0 Å². The van der Waals surface area contributed by atoms with Crippen molar-refractivity contribution in [1.82, 2.24) is 5.32 Å². The number of nitrogens with one attached hydrogen (secondary N) is 1. The molecule has 2 aliphatic heterocycles. The van der Waals surface area contributed by atoms with Crippen molar-refractivity contribution in [2.24, 2.45) is 0 Å². The summed E-state index contributed by atoms with van der Waals surface area (Å²) in [5.41, 5.74) is -0.281. The summed E-state index contributed by atoms with van der Waals surface area (Å²) in [7, 11) is 0. The predicted molar refractivity (Wildman–Crippen MR) is 76.6 cm³/mol. The number of hydrogen-bond donors (Lipinski definition) is 1. The molecular formula is C15H18N2O4. The number of nitrogens with zero attached hydrogens (tertiary/aromatic N) is 1. The number of amides is 2. The summed E-state index contributed by atoms with van der Waals surface area (Å²) in [4.78, 5) is 26.2. The van der Waals surface area contributed by atoms with Crippen LogP contribution in [0.4, 0.5) is 5.69 Å². The van der Waals surface area contributed by atoms with Gasteiger partial charge < -0.3 is 14.8 Å². The highest BCUT2D eigenvalue weighted by atomic mass is 16.6. The molecule has 2 heterocycles. The Hall–Kier alpha value is -2.24. The molecule has 2 amide bonds. The first-order valence-electron chi connectivity index (χ1n) is 6.95. The summed E-state index contributed by atoms with van der Waals surface area (Å²) < 4.78 is 11.0. The number of rotatable bonds is 1. The van der Waals surface area contributed by atoms with Crippen LogP contribution in [-0.2, 0) is 9.59 Å². The van der Waals surface area contributed by atoms with Crippen molar-refractivity contribution >= 4 is 17.5 Å². The number of piperazine rings is 1. The minimum absolute atomic E-state index is 0.147. The van der Waals surface area contributed by atoms with Gasteiger partial charge in [-0.05, 0) is 32.9 Å². The first kappa shape index (κ1) is 13.7. The largest absolute Gasteiger partial charge is 0.486 e. The number of benzene rings is 1. The minimum atomic E-state index is -0.920. The molecule has 2 aliphatic rings. The van der Waals surface area contributed by atoms with Crippen molar-refractivity contribution in [2.75, 3.05) is 18.1 Å². The van der Waals surface area contributed by atoms with E-state index in [2.05, 4.69) is 5.32 Å². The second-order valence-corrected chi connectivity index (χ2v) is 5.79. The van der Waals surface area contributed by atoms with E-state index in [1.807, 2.05) is 0 Å². The molecule has 0 aromatic heterocycles. The highest BCUT2D eigenvalue weighted by molar-refractivity contribution is 6.10. The van der Waals surface area contributed by atoms with E-state index in [9.17, 15) is 9.59 Å². The molecule has 6 heteroatoms. The molecule has 1 unspecified atom stereocenters. The van der Waals surface area contributed by atoms with E-state index in [4.69, 9.17) is 9.47 Å². The van der Waals surface area contributed by atoms with Gasteiger partial charge in [0.15, 0.2) is 11.5 Å². The van der Waals surface area contributed by atoms with E-state index in [-0.39, 0.29) is 11.8 Å². The first-order chi connectivity index (χ1) is 9.90. The summed E-state index contributed by atoms with van der Waals surface area (Å²) in [6.45, 7) is 6.10. The number of anilines is 1. The summed E-state index contributed by atoms with van der Waals surface area (Å²) in [6, 6.07) is 4.73. The lowest BCUT2D eigenvalue weighted by molar-refractivity contribution is -0.136. The molecule has 112 valence electrons. The van der Waals surface area contributed by atoms with E-state index < -0.39 is 11.6 Å². The first-order valence-corrected chi connectivity index (χ1v) is 6.95. The Bertz CT molecular complexity index is 612. The van der Waals surface area contributed by atoms with E-state index in [0.29, 0.717) is 30.4 Å². The van der Waals surface area contributed by atoms with E-state index in [1.54, 1.807) is 39.0 Å². The van der Waals surface area contributed by atoms with Gasteiger partial charge in [0.2, 0.25) is 5.91 Å². The van der Waals surface area contributed by atoms with Crippen LogP contribution in [0.2, 0.25) is 0 Å². The fourth-order valence-electron chi connectivity index (χ4n) is 2.58. The van der Waals surface area contributed by atoms with Gasteiger partial charge in [0.05, 0.1) is 0 Å². The second kappa shape index (κ2) is 4.65. The molecule has 1 N–H and O–H groups in total. The lowest BCUT2D eigenvalue weighted by atomic mass is 9.96. The van der Waals surface area contributed by atoms with E-state index in [0.717, 1.165) is 0 Å². The van der Waals surface area contributed by atoms with Crippen LogP contribution < -0.4 is 19.7 Å². The average molecular weight is 290 g/mol. The van der Waals surface area contributed by atoms with E-state index >= 15 is 0 Å². The van der Waals surface area contributed by atoms with Crippen LogP contribution in [0.3, 0.4) is 0 Å². The Labute approximate surface area is 123 Å². The SMILES string of the molecule is CC1C(=O)NC(C)(C)C(=O)N1c1ccc2c(c1)OCCO2. The highest BCUT2D eigenvalue weighted by Gasteiger charge is 2.44. The number of carbonyl (C=O) groups excluding carboxylic acids is 2. The Morgan fingerprint density at radius 2 is 1.86 bits per heavy atom. The molecule has 0 bridgehead atoms. The molecule has 1 saturated heterocycles. The average Bonchev–Trinajstić information content (AvgIpc) is 2.45. The third-order valence-electron chi connectivity index (χ3n) is 3.76. The van der Waals surface area contributed by atoms with Crippen molar-refractivity contribution in [2.45, 2.75) is 32.4 Å². The van der Waals surface area contributed by atoms with Crippen molar-refractivity contribution < 1.29 is 19.1 Å². The molecule has 3 rings (SSSR count). The fourth-order valence-corrected chi connectivity index (χ4v) is 2.58. The molecule has 6 nitrogen and oxygen atoms in total. The van der Waals surface area contributed by atoms with Gasteiger partial charge in [-0.15, -0.1) is 0 Å². The number of hydrogen-bond acceptors (Lipinski definition) is 4. The molecule has 21 heavy (non-hydrogen) atoms. The van der Waals surface area contributed by atoms with Crippen LogP contribution >= 0.6 is 0 Å². The Morgan fingerprint density at radius 3 is 2.57 bits per heavy atom. The number of carbonyl (C=O) groups is 2. The molecule has 1 atom stereocenters. The quantitative estimate of drug-likeness (QED) is 0.840. The maximum Gasteiger partial charge on any atom is 0.252 e. The van der Waals surface area contributed by atoms with Gasteiger partial charge in [0, 0.05) is 11.8 Å². The molecular weight excluding hydrogens is 272 g/mol. The Morgan fingerprint density at radius 1 is 1.19 bits per heavy atom. The Kier molecular flexibility index (Phi) is 3.04. The lowest BCUT2D eigenvalue weighted by Gasteiger charge is -2.41. The van der Waals surface area contributed by atoms with E-state index in [1.165, 1.54) is 4.90 Å². The van der Waals surface area contributed by atoms with Crippen LogP contribution in [0, 0.1) is 0 Å². The normalized spacial score (nSPS) is 23.8. The predicted octanol–water partition coefficient (Wildman–Crippen LogP) is 1.09. The zero-order chi connectivity index (χ0) is 15.2. The van der Waals surface area contributed by atoms with Crippen molar-refractivity contribution in [3.8, 4) is 11.5 Å². The van der Waals surface area contributed by atoms with Crippen LogP contribution in [0.15, 0.2) is 18.2 Å². The highest BCUT2D eigenvalue weighted by Crippen LogP contribution is 2.36. The van der Waals surface area contributed by atoms with Gasteiger partial charge in [0.25, 0.3) is 5.91 Å². The van der Waals surface area contributed by atoms with Gasteiger partial charge in [-0.3, -0.25) is 14.5 Å². The van der Waals surface area contributed by atoms with Crippen LogP contribution in [0.1, 0.15) is 20.8 Å². The summed E-state index contributed by atoms with van der Waals surface area (Å²) in [6.07, 6.45) is 0. The monoisotopic (exact) mass is 290 g/mol. The van der Waals surface area contributed by atoms with Crippen LogP contribution in [-0.4, -0.2) is 36.6 Å². The van der Waals surface area contributed by atoms with Gasteiger partial charge in [0.1, 0.15) is 24.8 Å². The maximum absolute atomic E-state index is 12.6. The molecule has 0 aliphatic carbocycles. The van der Waals surface area contributed by atoms with Crippen molar-refractivity contribution in [3.05, 3.63) is 18.2 Å². The summed E-state index contributed by atoms with van der Waals surface area (Å²) in [5, 5.41) is 2.73. The second-order valence-electron chi connectivity index (χ2n) is 5.79. The maximum atomic E-state index is 12.6. The van der Waals surface area contributed by atoms with Crippen molar-refractivity contribution in [3.63, 3.8) is 0 Å². The molecule has 1 aromatic rings. The smallest absolute Gasteiger partial charge is 0.252 e. The zero-order valence-corrected chi connectivity index (χ0v) is 12.3. The number of fused-ring (bicyclic) bond motifs is 1. The standard InChI is InChI=1S/C15H18N2O4/c1-9-13(18)16-15(2,3)14(19)17(9)10-4-5-11-12(8-10)21-7-6-20-11/h4-5,8-9H,6-7H2,1-3H3,(H,16,18). The van der Waals surface area contributed by atoms with Crippen molar-refractivity contribution in [1.29, 1.82) is 0 Å². The molecule has 0 radical (unpaired) electrons. The van der Waals surface area contributed by atoms with Gasteiger partial charge in [-0.1, -0.05) is 0 Å². The third-order valence-corrected chi connectivity index (χ3v) is 3.76. The molecule has 0 saturated carbocycles. The lowest BCUT2D eigenvalue weighted by Crippen LogP contribution is -2.67. The van der Waals surface area contributed by atoms with Gasteiger partial charge >= 0.3 is 0 Å². The molecule has 0 spiro atoms. The summed E-state index contributed by atoms with van der Waals surface area (Å²) >= 11 is 0. The summed E-state index contributed by atoms with van der Waals surface area (Å²) in [5.74, 6) is 0.939. The fraction of sp³-hybridized carbons (Fsp3) is 0.467. The van der Waals surface area contributed by atoms with Crippen LogP contribution in [0.5, 0.6) is 11.5 Å². The van der Waals surface area contributed by atoms with Gasteiger partial charge in [-0.2, -0.15) is 0 Å². The number of ether oxygens (including phenoxy) is 2.